The summed E-state index contributed by atoms with van der Waals surface area (Å²) in [5, 5.41) is 14.1. The van der Waals surface area contributed by atoms with Crippen molar-refractivity contribution in [3.63, 3.8) is 0 Å². The van der Waals surface area contributed by atoms with Gasteiger partial charge in [-0.3, -0.25) is 0 Å². The van der Waals surface area contributed by atoms with Gasteiger partial charge in [-0.1, -0.05) is 49.4 Å². The molecule has 3 aromatic rings. The van der Waals surface area contributed by atoms with E-state index in [0.717, 1.165) is 34.5 Å². The first-order valence-corrected chi connectivity index (χ1v) is 8.24. The number of aliphatic hydroxyl groups excluding tert-OH is 1. The van der Waals surface area contributed by atoms with Crippen LogP contribution >= 0.6 is 0 Å². The second-order valence-corrected chi connectivity index (χ2v) is 5.66. The van der Waals surface area contributed by atoms with Crippen LogP contribution in [-0.2, 0) is 0 Å². The summed E-state index contributed by atoms with van der Waals surface area (Å²) in [6.45, 7) is 3.60. The molecule has 0 bridgehead atoms. The highest BCUT2D eigenvalue weighted by molar-refractivity contribution is 5.87. The smallest absolute Gasteiger partial charge is 0.131 e. The lowest BCUT2D eigenvalue weighted by molar-refractivity contribution is 0.108. The number of likely N-dealkylation sites (N-methyl/N-ethyl adjacent to an activating group) is 1. The maximum Gasteiger partial charge on any atom is 0.131 e. The van der Waals surface area contributed by atoms with Gasteiger partial charge < -0.3 is 15.2 Å². The second kappa shape index (κ2) is 7.90. The molecule has 124 valence electrons. The Hall–Kier alpha value is -2.43. The minimum absolute atomic E-state index is 0.245. The van der Waals surface area contributed by atoms with Gasteiger partial charge in [0, 0.05) is 23.6 Å². The van der Waals surface area contributed by atoms with Gasteiger partial charge in [0.15, 0.2) is 0 Å². The first-order chi connectivity index (χ1) is 11.8. The summed E-state index contributed by atoms with van der Waals surface area (Å²) in [6.07, 6.45) is -0.544. The summed E-state index contributed by atoms with van der Waals surface area (Å²) >= 11 is 0. The summed E-state index contributed by atoms with van der Waals surface area (Å²) in [7, 11) is 0. The molecule has 2 N–H and O–H groups in total. The second-order valence-electron chi connectivity index (χ2n) is 5.66. The molecule has 0 amide bonds. The van der Waals surface area contributed by atoms with Crippen molar-refractivity contribution >= 4 is 10.9 Å². The average Bonchev–Trinajstić information content (AvgIpc) is 2.65. The maximum atomic E-state index is 10.00. The minimum Gasteiger partial charge on any atom is -0.490 e. The number of pyridine rings is 1. The summed E-state index contributed by atoms with van der Waals surface area (Å²) in [5.74, 6) is 0.745. The molecule has 0 saturated heterocycles. The average molecular weight is 322 g/mol. The van der Waals surface area contributed by atoms with Crippen LogP contribution in [0.25, 0.3) is 22.2 Å². The van der Waals surface area contributed by atoms with E-state index in [1.165, 1.54) is 0 Å². The molecule has 0 aliphatic heterocycles. The van der Waals surface area contributed by atoms with Crippen LogP contribution in [0.2, 0.25) is 0 Å². The highest BCUT2D eigenvalue weighted by Gasteiger charge is 2.10. The number of rotatable bonds is 7. The number of nitrogens with zero attached hydrogens (tertiary/aromatic N) is 1. The molecular formula is C20H22N2O2. The van der Waals surface area contributed by atoms with Crippen LogP contribution in [-0.4, -0.2) is 35.9 Å². The third-order valence-electron chi connectivity index (χ3n) is 3.81. The van der Waals surface area contributed by atoms with Crippen molar-refractivity contribution in [1.82, 2.24) is 10.3 Å². The molecule has 1 atom stereocenters. The molecule has 2 aromatic carbocycles. The predicted molar refractivity (Wildman–Crippen MR) is 97.2 cm³/mol. The van der Waals surface area contributed by atoms with E-state index in [-0.39, 0.29) is 6.61 Å². The van der Waals surface area contributed by atoms with E-state index in [1.54, 1.807) is 0 Å². The van der Waals surface area contributed by atoms with Gasteiger partial charge in [-0.05, 0) is 18.7 Å². The molecule has 0 aliphatic rings. The fourth-order valence-corrected chi connectivity index (χ4v) is 2.58. The molecule has 0 aliphatic carbocycles. The van der Waals surface area contributed by atoms with Crippen LogP contribution in [0.1, 0.15) is 6.92 Å². The number of nitrogens with one attached hydrogen (secondary N) is 1. The van der Waals surface area contributed by atoms with E-state index < -0.39 is 6.10 Å². The van der Waals surface area contributed by atoms with E-state index in [1.807, 2.05) is 67.6 Å². The minimum atomic E-state index is -0.544. The van der Waals surface area contributed by atoms with Gasteiger partial charge in [0.25, 0.3) is 0 Å². The Morgan fingerprint density at radius 1 is 1.08 bits per heavy atom. The monoisotopic (exact) mass is 322 g/mol. The van der Waals surface area contributed by atoms with Crippen LogP contribution in [0, 0.1) is 0 Å². The number of hydrogen-bond acceptors (Lipinski definition) is 4. The number of aliphatic hydroxyl groups is 1. The van der Waals surface area contributed by atoms with Gasteiger partial charge in [0.05, 0.1) is 11.2 Å². The van der Waals surface area contributed by atoms with E-state index in [4.69, 9.17) is 9.72 Å². The zero-order valence-corrected chi connectivity index (χ0v) is 13.8. The van der Waals surface area contributed by atoms with E-state index in [0.29, 0.717) is 6.54 Å². The summed E-state index contributed by atoms with van der Waals surface area (Å²) in [5.41, 5.74) is 2.79. The fraction of sp³-hybridized carbons (Fsp3) is 0.250. The molecule has 4 heteroatoms. The topological polar surface area (TPSA) is 54.4 Å². The molecule has 3 rings (SSSR count). The lowest BCUT2D eigenvalue weighted by Crippen LogP contribution is -2.31. The van der Waals surface area contributed by atoms with Crippen molar-refractivity contribution in [2.75, 3.05) is 19.7 Å². The molecule has 0 spiro atoms. The standard InChI is InChI=1S/C20H22N2O2/c1-2-21-13-16(23)14-24-20-12-19(15-8-4-3-5-9-15)22-18-11-7-6-10-17(18)20/h3-12,16,21,23H,2,13-14H2,1H3/t16-/m0/s1. The fourth-order valence-electron chi connectivity index (χ4n) is 2.58. The van der Waals surface area contributed by atoms with Crippen LogP contribution in [0.15, 0.2) is 60.7 Å². The molecule has 4 nitrogen and oxygen atoms in total. The van der Waals surface area contributed by atoms with Crippen molar-refractivity contribution in [2.24, 2.45) is 0 Å². The van der Waals surface area contributed by atoms with E-state index in [9.17, 15) is 5.11 Å². The van der Waals surface area contributed by atoms with Gasteiger partial charge in [0.1, 0.15) is 18.5 Å². The van der Waals surface area contributed by atoms with E-state index in [2.05, 4.69) is 5.32 Å². The number of ether oxygens (including phenoxy) is 1. The van der Waals surface area contributed by atoms with Gasteiger partial charge in [-0.25, -0.2) is 4.98 Å². The Labute approximate surface area is 142 Å². The Balaban J connectivity index is 1.90. The lowest BCUT2D eigenvalue weighted by atomic mass is 10.1. The van der Waals surface area contributed by atoms with E-state index >= 15 is 0 Å². The molecular weight excluding hydrogens is 300 g/mol. The molecule has 0 unspecified atom stereocenters. The number of aromatic nitrogens is 1. The summed E-state index contributed by atoms with van der Waals surface area (Å²) in [6, 6.07) is 19.9. The molecule has 0 fully saturated rings. The van der Waals surface area contributed by atoms with Crippen LogP contribution in [0.5, 0.6) is 5.75 Å². The summed E-state index contributed by atoms with van der Waals surface area (Å²) < 4.78 is 5.91. The third-order valence-corrected chi connectivity index (χ3v) is 3.81. The number of para-hydroxylation sites is 1. The zero-order valence-electron chi connectivity index (χ0n) is 13.8. The number of fused-ring (bicyclic) bond motifs is 1. The van der Waals surface area contributed by atoms with Crippen LogP contribution in [0.4, 0.5) is 0 Å². The first-order valence-electron chi connectivity index (χ1n) is 8.24. The normalized spacial score (nSPS) is 12.2. The molecule has 24 heavy (non-hydrogen) atoms. The van der Waals surface area contributed by atoms with Crippen molar-refractivity contribution in [1.29, 1.82) is 0 Å². The third kappa shape index (κ3) is 3.91. The van der Waals surface area contributed by atoms with Gasteiger partial charge in [-0.2, -0.15) is 0 Å². The Kier molecular flexibility index (Phi) is 5.41. The quantitative estimate of drug-likeness (QED) is 0.701. The Morgan fingerprint density at radius 3 is 2.62 bits per heavy atom. The largest absolute Gasteiger partial charge is 0.490 e. The maximum absolute atomic E-state index is 10.00. The summed E-state index contributed by atoms with van der Waals surface area (Å²) in [4.78, 5) is 4.73. The van der Waals surface area contributed by atoms with Crippen molar-refractivity contribution < 1.29 is 9.84 Å². The highest BCUT2D eigenvalue weighted by Crippen LogP contribution is 2.30. The molecule has 1 aromatic heterocycles. The van der Waals surface area contributed by atoms with Crippen molar-refractivity contribution in [2.45, 2.75) is 13.0 Å². The number of hydrogen-bond donors (Lipinski definition) is 2. The van der Waals surface area contributed by atoms with Gasteiger partial charge >= 0.3 is 0 Å². The van der Waals surface area contributed by atoms with Crippen LogP contribution in [0.3, 0.4) is 0 Å². The SMILES string of the molecule is CCNC[C@H](O)COc1cc(-c2ccccc2)nc2ccccc12. The predicted octanol–water partition coefficient (Wildman–Crippen LogP) is 3.25. The first kappa shape index (κ1) is 16.4. The molecule has 1 heterocycles. The molecule has 0 saturated carbocycles. The van der Waals surface area contributed by atoms with Crippen molar-refractivity contribution in [3.05, 3.63) is 60.7 Å². The zero-order chi connectivity index (χ0) is 16.8. The molecule has 0 radical (unpaired) electrons. The Morgan fingerprint density at radius 2 is 1.83 bits per heavy atom. The highest BCUT2D eigenvalue weighted by atomic mass is 16.5. The van der Waals surface area contributed by atoms with Crippen molar-refractivity contribution in [3.8, 4) is 17.0 Å². The lowest BCUT2D eigenvalue weighted by Gasteiger charge is -2.15. The van der Waals surface area contributed by atoms with Gasteiger partial charge in [0.2, 0.25) is 0 Å². The van der Waals surface area contributed by atoms with Crippen LogP contribution < -0.4 is 10.1 Å². The number of benzene rings is 2. The van der Waals surface area contributed by atoms with Gasteiger partial charge in [-0.15, -0.1) is 0 Å². The Bertz CT molecular complexity index is 790.